The highest BCUT2D eigenvalue weighted by atomic mass is 35.5. The Hall–Kier alpha value is -1.62. The Labute approximate surface area is 110 Å². The van der Waals surface area contributed by atoms with Gasteiger partial charge in [-0.3, -0.25) is 4.79 Å². The van der Waals surface area contributed by atoms with Gasteiger partial charge in [0.2, 0.25) is 5.91 Å². The van der Waals surface area contributed by atoms with Gasteiger partial charge in [0.1, 0.15) is 11.3 Å². The van der Waals surface area contributed by atoms with Crippen molar-refractivity contribution in [2.24, 2.45) is 0 Å². The molecule has 96 valence electrons. The maximum Gasteiger partial charge on any atom is 0.216 e. The van der Waals surface area contributed by atoms with E-state index in [-0.39, 0.29) is 5.91 Å². The van der Waals surface area contributed by atoms with E-state index in [2.05, 4.69) is 15.3 Å². The monoisotopic (exact) mass is 266 g/mol. The van der Waals surface area contributed by atoms with Gasteiger partial charge in [0, 0.05) is 26.2 Å². The van der Waals surface area contributed by atoms with Gasteiger partial charge < -0.3 is 9.88 Å². The first-order valence-electron chi connectivity index (χ1n) is 5.74. The minimum Gasteiger partial charge on any atom is -0.355 e. The molecule has 0 unspecified atom stereocenters. The van der Waals surface area contributed by atoms with Crippen molar-refractivity contribution in [2.75, 3.05) is 6.54 Å². The van der Waals surface area contributed by atoms with Crippen molar-refractivity contribution < 1.29 is 4.79 Å². The summed E-state index contributed by atoms with van der Waals surface area (Å²) in [5.74, 6) is 1.06. The lowest BCUT2D eigenvalue weighted by molar-refractivity contribution is -0.118. The number of rotatable bonds is 4. The van der Waals surface area contributed by atoms with E-state index in [1.165, 1.54) is 6.92 Å². The number of hydrogen-bond donors (Lipinski definition) is 1. The van der Waals surface area contributed by atoms with Crippen molar-refractivity contribution in [3.8, 4) is 0 Å². The van der Waals surface area contributed by atoms with E-state index < -0.39 is 0 Å². The van der Waals surface area contributed by atoms with Crippen LogP contribution < -0.4 is 5.32 Å². The zero-order valence-corrected chi connectivity index (χ0v) is 11.2. The Morgan fingerprint density at radius 2 is 2.33 bits per heavy atom. The van der Waals surface area contributed by atoms with E-state index in [4.69, 9.17) is 11.6 Å². The third kappa shape index (κ3) is 2.61. The Bertz CT molecular complexity index is 579. The second kappa shape index (κ2) is 5.35. The van der Waals surface area contributed by atoms with Crippen LogP contribution in [0.4, 0.5) is 0 Å². The van der Waals surface area contributed by atoms with Crippen molar-refractivity contribution in [2.45, 2.75) is 26.3 Å². The molecule has 6 heteroatoms. The number of alkyl halides is 1. The molecule has 0 saturated carbocycles. The van der Waals surface area contributed by atoms with Crippen molar-refractivity contribution >= 4 is 28.7 Å². The van der Waals surface area contributed by atoms with E-state index >= 15 is 0 Å². The van der Waals surface area contributed by atoms with Gasteiger partial charge in [-0.1, -0.05) is 0 Å². The standard InChI is InChI=1S/C12H15ClN4O/c1-8-5-10-12(15-7-8)17(11(6-13)16-10)4-3-14-9(2)18/h5,7H,3-4,6H2,1-2H3,(H,14,18). The summed E-state index contributed by atoms with van der Waals surface area (Å²) in [4.78, 5) is 19.7. The van der Waals surface area contributed by atoms with Crippen molar-refractivity contribution in [1.82, 2.24) is 19.9 Å². The molecule has 2 aromatic heterocycles. The van der Waals surface area contributed by atoms with Gasteiger partial charge in [0.25, 0.3) is 0 Å². The number of aromatic nitrogens is 3. The second-order valence-electron chi connectivity index (χ2n) is 4.15. The number of pyridine rings is 1. The Kier molecular flexibility index (Phi) is 3.81. The number of fused-ring (bicyclic) bond motifs is 1. The van der Waals surface area contributed by atoms with Crippen molar-refractivity contribution in [3.63, 3.8) is 0 Å². The van der Waals surface area contributed by atoms with Gasteiger partial charge in [-0.05, 0) is 18.6 Å². The first kappa shape index (κ1) is 12.8. The predicted molar refractivity (Wildman–Crippen MR) is 70.5 cm³/mol. The number of aryl methyl sites for hydroxylation is 1. The number of nitrogens with zero attached hydrogens (tertiary/aromatic N) is 3. The lowest BCUT2D eigenvalue weighted by Crippen LogP contribution is -2.25. The molecule has 0 spiro atoms. The number of halogens is 1. The highest BCUT2D eigenvalue weighted by Crippen LogP contribution is 2.16. The predicted octanol–water partition coefficient (Wildman–Crippen LogP) is 1.61. The molecule has 0 radical (unpaired) electrons. The van der Waals surface area contributed by atoms with E-state index in [0.717, 1.165) is 22.6 Å². The molecular weight excluding hydrogens is 252 g/mol. The molecule has 18 heavy (non-hydrogen) atoms. The van der Waals surface area contributed by atoms with E-state index in [1.54, 1.807) is 6.20 Å². The summed E-state index contributed by atoms with van der Waals surface area (Å²) in [5, 5.41) is 2.75. The highest BCUT2D eigenvalue weighted by molar-refractivity contribution is 6.16. The number of amides is 1. The highest BCUT2D eigenvalue weighted by Gasteiger charge is 2.10. The van der Waals surface area contributed by atoms with Crippen LogP contribution in [0.2, 0.25) is 0 Å². The minimum absolute atomic E-state index is 0.0457. The molecule has 0 saturated heterocycles. The third-order valence-corrected chi connectivity index (χ3v) is 2.87. The Balaban J connectivity index is 2.31. The lowest BCUT2D eigenvalue weighted by Gasteiger charge is -2.07. The van der Waals surface area contributed by atoms with E-state index in [9.17, 15) is 4.79 Å². The van der Waals surface area contributed by atoms with Gasteiger partial charge >= 0.3 is 0 Å². The topological polar surface area (TPSA) is 59.8 Å². The molecule has 2 heterocycles. The molecule has 0 aromatic carbocycles. The van der Waals surface area contributed by atoms with Gasteiger partial charge in [-0.15, -0.1) is 11.6 Å². The minimum atomic E-state index is -0.0457. The maximum absolute atomic E-state index is 10.9. The Morgan fingerprint density at radius 1 is 1.56 bits per heavy atom. The summed E-state index contributed by atoms with van der Waals surface area (Å²) in [6.07, 6.45) is 1.80. The molecule has 1 N–H and O–H groups in total. The number of imidazole rings is 1. The van der Waals surface area contributed by atoms with E-state index in [0.29, 0.717) is 19.0 Å². The summed E-state index contributed by atoms with van der Waals surface area (Å²) in [6, 6.07) is 1.98. The summed E-state index contributed by atoms with van der Waals surface area (Å²) in [7, 11) is 0. The number of carbonyl (C=O) groups excluding carboxylic acids is 1. The summed E-state index contributed by atoms with van der Waals surface area (Å²) in [6.45, 7) is 4.63. The maximum atomic E-state index is 10.9. The molecule has 0 aliphatic heterocycles. The zero-order chi connectivity index (χ0) is 13.1. The van der Waals surface area contributed by atoms with Crippen molar-refractivity contribution in [1.29, 1.82) is 0 Å². The average Bonchev–Trinajstić information content (AvgIpc) is 2.66. The molecule has 0 aliphatic carbocycles. The molecular formula is C12H15ClN4O. The molecule has 0 fully saturated rings. The second-order valence-corrected chi connectivity index (χ2v) is 4.42. The molecule has 2 rings (SSSR count). The largest absolute Gasteiger partial charge is 0.355 e. The lowest BCUT2D eigenvalue weighted by atomic mass is 10.3. The third-order valence-electron chi connectivity index (χ3n) is 2.63. The molecule has 5 nitrogen and oxygen atoms in total. The zero-order valence-electron chi connectivity index (χ0n) is 10.4. The van der Waals surface area contributed by atoms with Crippen LogP contribution in [0.5, 0.6) is 0 Å². The van der Waals surface area contributed by atoms with Crippen LogP contribution in [0.1, 0.15) is 18.3 Å². The fraction of sp³-hybridized carbons (Fsp3) is 0.417. The molecule has 0 aliphatic rings. The molecule has 0 atom stereocenters. The van der Waals surface area contributed by atoms with Crippen LogP contribution >= 0.6 is 11.6 Å². The van der Waals surface area contributed by atoms with Gasteiger partial charge in [0.05, 0.1) is 5.88 Å². The van der Waals surface area contributed by atoms with Crippen LogP contribution in [0.3, 0.4) is 0 Å². The van der Waals surface area contributed by atoms with E-state index in [1.807, 2.05) is 17.6 Å². The van der Waals surface area contributed by atoms with Crippen molar-refractivity contribution in [3.05, 3.63) is 23.7 Å². The molecule has 1 amide bonds. The number of carbonyl (C=O) groups is 1. The van der Waals surface area contributed by atoms with Crippen LogP contribution in [0.25, 0.3) is 11.2 Å². The average molecular weight is 267 g/mol. The normalized spacial score (nSPS) is 10.8. The van der Waals surface area contributed by atoms with Gasteiger partial charge in [0.15, 0.2) is 5.65 Å². The van der Waals surface area contributed by atoms with Gasteiger partial charge in [-0.25, -0.2) is 9.97 Å². The molecule has 0 bridgehead atoms. The van der Waals surface area contributed by atoms with Crippen LogP contribution in [0, 0.1) is 6.92 Å². The quantitative estimate of drug-likeness (QED) is 0.856. The fourth-order valence-electron chi connectivity index (χ4n) is 1.84. The number of nitrogens with one attached hydrogen (secondary N) is 1. The van der Waals surface area contributed by atoms with Crippen LogP contribution in [0.15, 0.2) is 12.3 Å². The fourth-order valence-corrected chi connectivity index (χ4v) is 2.04. The summed E-state index contributed by atoms with van der Waals surface area (Å²) < 4.78 is 1.94. The first-order chi connectivity index (χ1) is 8.61. The Morgan fingerprint density at radius 3 is 3.00 bits per heavy atom. The molecule has 2 aromatic rings. The van der Waals surface area contributed by atoms with Crippen LogP contribution in [-0.2, 0) is 17.2 Å². The summed E-state index contributed by atoms with van der Waals surface area (Å²) in [5.41, 5.74) is 2.71. The van der Waals surface area contributed by atoms with Gasteiger partial charge in [-0.2, -0.15) is 0 Å². The first-order valence-corrected chi connectivity index (χ1v) is 6.27. The smallest absolute Gasteiger partial charge is 0.216 e. The SMILES string of the molecule is CC(=O)NCCn1c(CCl)nc2cc(C)cnc21. The summed E-state index contributed by atoms with van der Waals surface area (Å²) >= 11 is 5.89. The number of hydrogen-bond acceptors (Lipinski definition) is 3. The van der Waals surface area contributed by atoms with Crippen LogP contribution in [-0.4, -0.2) is 27.0 Å².